The van der Waals surface area contributed by atoms with Gasteiger partial charge in [-0.05, 0) is 12.3 Å². The lowest BCUT2D eigenvalue weighted by Crippen LogP contribution is -2.39. The molecule has 3 atom stereocenters. The van der Waals surface area contributed by atoms with Gasteiger partial charge in [-0.1, -0.05) is 20.8 Å². The van der Waals surface area contributed by atoms with Crippen LogP contribution in [0.1, 0.15) is 27.2 Å². The molecular weight excluding hydrogens is 185 g/mol. The second-order valence-electron chi connectivity index (χ2n) is 4.16. The van der Waals surface area contributed by atoms with Crippen LogP contribution in [0.2, 0.25) is 0 Å². The van der Waals surface area contributed by atoms with Gasteiger partial charge in [-0.3, -0.25) is 4.79 Å². The average molecular weight is 203 g/mol. The standard InChI is InChI=1S/C10H18FNO2/c1-4-7-8(11)10(14)12(5-13)9(7)6(2)3/h6-9,13H,4-5H2,1-3H3. The first-order valence-corrected chi connectivity index (χ1v) is 5.10. The normalized spacial score (nSPS) is 33.1. The predicted octanol–water partition coefficient (Wildman–Crippen LogP) is 1.17. The molecule has 1 N–H and O–H groups in total. The van der Waals surface area contributed by atoms with E-state index >= 15 is 0 Å². The molecule has 0 aromatic carbocycles. The van der Waals surface area contributed by atoms with Crippen LogP contribution in [0.4, 0.5) is 4.39 Å². The van der Waals surface area contributed by atoms with E-state index in [0.29, 0.717) is 6.42 Å². The number of carbonyl (C=O) groups is 1. The van der Waals surface area contributed by atoms with Gasteiger partial charge in [0, 0.05) is 12.0 Å². The lowest BCUT2D eigenvalue weighted by Gasteiger charge is -2.28. The maximum absolute atomic E-state index is 13.5. The maximum Gasteiger partial charge on any atom is 0.259 e. The van der Waals surface area contributed by atoms with E-state index in [9.17, 15) is 9.18 Å². The number of likely N-dealkylation sites (tertiary alicyclic amines) is 1. The average Bonchev–Trinajstić information content (AvgIpc) is 2.39. The predicted molar refractivity (Wildman–Crippen MR) is 51.2 cm³/mol. The highest BCUT2D eigenvalue weighted by Gasteiger charge is 2.48. The number of rotatable bonds is 3. The molecule has 82 valence electrons. The summed E-state index contributed by atoms with van der Waals surface area (Å²) in [7, 11) is 0. The zero-order valence-corrected chi connectivity index (χ0v) is 8.90. The van der Waals surface area contributed by atoms with Crippen molar-refractivity contribution in [2.45, 2.75) is 39.4 Å². The lowest BCUT2D eigenvalue weighted by molar-refractivity contribution is -0.136. The van der Waals surface area contributed by atoms with Crippen LogP contribution in [0.25, 0.3) is 0 Å². The number of aliphatic hydroxyl groups is 1. The summed E-state index contributed by atoms with van der Waals surface area (Å²) < 4.78 is 13.5. The molecule has 1 fully saturated rings. The fraction of sp³-hybridized carbons (Fsp3) is 0.900. The van der Waals surface area contributed by atoms with Crippen molar-refractivity contribution < 1.29 is 14.3 Å². The molecule has 3 nitrogen and oxygen atoms in total. The van der Waals surface area contributed by atoms with Crippen LogP contribution in [-0.4, -0.2) is 34.9 Å². The molecule has 0 aromatic rings. The van der Waals surface area contributed by atoms with E-state index in [1.807, 2.05) is 20.8 Å². The number of hydrogen-bond donors (Lipinski definition) is 1. The van der Waals surface area contributed by atoms with Gasteiger partial charge in [-0.15, -0.1) is 0 Å². The molecule has 0 spiro atoms. The van der Waals surface area contributed by atoms with Crippen LogP contribution in [0, 0.1) is 11.8 Å². The number of halogens is 1. The molecule has 1 rings (SSSR count). The van der Waals surface area contributed by atoms with Gasteiger partial charge in [0.1, 0.15) is 6.73 Å². The van der Waals surface area contributed by atoms with Crippen molar-refractivity contribution in [1.29, 1.82) is 0 Å². The number of carbonyl (C=O) groups excluding carboxylic acids is 1. The minimum absolute atomic E-state index is 0.160. The summed E-state index contributed by atoms with van der Waals surface area (Å²) >= 11 is 0. The number of hydrogen-bond acceptors (Lipinski definition) is 2. The van der Waals surface area contributed by atoms with Gasteiger partial charge in [0.25, 0.3) is 5.91 Å². The first-order chi connectivity index (χ1) is 6.54. The van der Waals surface area contributed by atoms with Crippen molar-refractivity contribution in [1.82, 2.24) is 4.90 Å². The van der Waals surface area contributed by atoms with Gasteiger partial charge in [-0.25, -0.2) is 4.39 Å². The summed E-state index contributed by atoms with van der Waals surface area (Å²) in [6.45, 7) is 5.39. The van der Waals surface area contributed by atoms with E-state index in [-0.39, 0.29) is 24.6 Å². The highest BCUT2D eigenvalue weighted by atomic mass is 19.1. The van der Waals surface area contributed by atoms with Crippen LogP contribution in [0.3, 0.4) is 0 Å². The van der Waals surface area contributed by atoms with Crippen molar-refractivity contribution in [2.75, 3.05) is 6.73 Å². The fourth-order valence-electron chi connectivity index (χ4n) is 2.36. The highest BCUT2D eigenvalue weighted by molar-refractivity contribution is 5.84. The molecule has 0 aromatic heterocycles. The minimum atomic E-state index is -1.43. The number of alkyl halides is 1. The van der Waals surface area contributed by atoms with E-state index in [4.69, 9.17) is 5.11 Å². The van der Waals surface area contributed by atoms with Crippen molar-refractivity contribution in [3.63, 3.8) is 0 Å². The molecule has 1 heterocycles. The number of amides is 1. The summed E-state index contributed by atoms with van der Waals surface area (Å²) in [6.07, 6.45) is -0.800. The van der Waals surface area contributed by atoms with E-state index in [1.54, 1.807) is 0 Å². The Bertz CT molecular complexity index is 220. The van der Waals surface area contributed by atoms with Gasteiger partial charge in [0.15, 0.2) is 6.17 Å². The Kier molecular flexibility index (Phi) is 3.48. The quantitative estimate of drug-likeness (QED) is 0.748. The summed E-state index contributed by atoms with van der Waals surface area (Å²) in [5.41, 5.74) is 0. The number of aliphatic hydroxyl groups excluding tert-OH is 1. The fourth-order valence-corrected chi connectivity index (χ4v) is 2.36. The Labute approximate surface area is 83.9 Å². The van der Waals surface area contributed by atoms with Crippen LogP contribution in [0.15, 0.2) is 0 Å². The Balaban J connectivity index is 2.91. The Morgan fingerprint density at radius 3 is 2.50 bits per heavy atom. The van der Waals surface area contributed by atoms with Crippen molar-refractivity contribution in [3.8, 4) is 0 Å². The SMILES string of the molecule is CCC1C(F)C(=O)N(CO)C1C(C)C. The molecule has 3 unspecified atom stereocenters. The number of nitrogens with zero attached hydrogens (tertiary/aromatic N) is 1. The molecule has 0 saturated carbocycles. The topological polar surface area (TPSA) is 40.5 Å². The first kappa shape index (κ1) is 11.4. The van der Waals surface area contributed by atoms with Crippen molar-refractivity contribution in [3.05, 3.63) is 0 Å². The Morgan fingerprint density at radius 1 is 1.57 bits per heavy atom. The van der Waals surface area contributed by atoms with Gasteiger partial charge >= 0.3 is 0 Å². The van der Waals surface area contributed by atoms with Crippen molar-refractivity contribution in [2.24, 2.45) is 11.8 Å². The second-order valence-corrected chi connectivity index (χ2v) is 4.16. The maximum atomic E-state index is 13.5. The van der Waals surface area contributed by atoms with Crippen LogP contribution >= 0.6 is 0 Å². The van der Waals surface area contributed by atoms with Crippen LogP contribution < -0.4 is 0 Å². The zero-order chi connectivity index (χ0) is 10.9. The second kappa shape index (κ2) is 4.26. The molecule has 0 bridgehead atoms. The molecule has 1 amide bonds. The molecule has 14 heavy (non-hydrogen) atoms. The molecular formula is C10H18FNO2. The van der Waals surface area contributed by atoms with Gasteiger partial charge in [-0.2, -0.15) is 0 Å². The van der Waals surface area contributed by atoms with Gasteiger partial charge in [0.2, 0.25) is 0 Å². The summed E-state index contributed by atoms with van der Waals surface area (Å²) in [4.78, 5) is 12.7. The highest BCUT2D eigenvalue weighted by Crippen LogP contribution is 2.34. The summed E-state index contributed by atoms with van der Waals surface area (Å²) in [5, 5.41) is 9.03. The third-order valence-corrected chi connectivity index (χ3v) is 3.00. The molecule has 1 aliphatic rings. The van der Waals surface area contributed by atoms with E-state index in [2.05, 4.69) is 0 Å². The van der Waals surface area contributed by atoms with Crippen molar-refractivity contribution >= 4 is 5.91 Å². The summed E-state index contributed by atoms with van der Waals surface area (Å²) in [6, 6.07) is -0.160. The summed E-state index contributed by atoms with van der Waals surface area (Å²) in [5.74, 6) is -0.649. The monoisotopic (exact) mass is 203 g/mol. The molecule has 1 aliphatic heterocycles. The van der Waals surface area contributed by atoms with Crippen LogP contribution in [-0.2, 0) is 4.79 Å². The Hall–Kier alpha value is -0.640. The smallest absolute Gasteiger partial charge is 0.259 e. The third kappa shape index (κ3) is 1.63. The molecule has 1 saturated heterocycles. The largest absolute Gasteiger partial charge is 0.376 e. The Morgan fingerprint density at radius 2 is 2.14 bits per heavy atom. The first-order valence-electron chi connectivity index (χ1n) is 5.10. The zero-order valence-electron chi connectivity index (χ0n) is 8.90. The van der Waals surface area contributed by atoms with Gasteiger partial charge < -0.3 is 10.0 Å². The van der Waals surface area contributed by atoms with E-state index < -0.39 is 12.1 Å². The molecule has 0 radical (unpaired) electrons. The third-order valence-electron chi connectivity index (χ3n) is 3.00. The van der Waals surface area contributed by atoms with Gasteiger partial charge in [0.05, 0.1) is 0 Å². The van der Waals surface area contributed by atoms with E-state index in [0.717, 1.165) is 0 Å². The minimum Gasteiger partial charge on any atom is -0.376 e. The van der Waals surface area contributed by atoms with Crippen LogP contribution in [0.5, 0.6) is 0 Å². The molecule has 4 heteroatoms. The van der Waals surface area contributed by atoms with E-state index in [1.165, 1.54) is 4.90 Å². The lowest BCUT2D eigenvalue weighted by atomic mass is 9.88. The molecule has 0 aliphatic carbocycles.